The Morgan fingerprint density at radius 1 is 1.00 bits per heavy atom. The van der Waals surface area contributed by atoms with Crippen LogP contribution in [0.25, 0.3) is 10.2 Å². The minimum atomic E-state index is -3.48. The second-order valence-corrected chi connectivity index (χ2v) is 8.03. The number of hydrogen-bond acceptors (Lipinski definition) is 5. The third-order valence-electron chi connectivity index (χ3n) is 3.81. The Hall–Kier alpha value is -2.23. The number of anilines is 2. The summed E-state index contributed by atoms with van der Waals surface area (Å²) in [4.78, 5) is 12.0. The molecule has 0 atom stereocenters. The van der Waals surface area contributed by atoms with Crippen LogP contribution in [0.2, 0.25) is 5.28 Å². The molecule has 4 aromatic rings. The molecule has 0 bridgehead atoms. The van der Waals surface area contributed by atoms with Gasteiger partial charge in [0.05, 0.1) is 10.2 Å². The number of rotatable bonds is 4. The molecule has 2 aromatic heterocycles. The number of nitrogens with zero attached hydrogens (tertiary/aromatic N) is 3. The highest BCUT2D eigenvalue weighted by Gasteiger charge is 2.36. The Balaban J connectivity index is 1.69. The molecular formula is C18H9BrClF3N4S. The van der Waals surface area contributed by atoms with Crippen molar-refractivity contribution in [1.29, 1.82) is 0 Å². The molecule has 0 saturated heterocycles. The number of benzene rings is 2. The average molecular weight is 486 g/mol. The lowest BCUT2D eigenvalue weighted by molar-refractivity contribution is 0.0379. The van der Waals surface area contributed by atoms with Crippen molar-refractivity contribution in [3.05, 3.63) is 75.4 Å². The van der Waals surface area contributed by atoms with Gasteiger partial charge in [0.15, 0.2) is 5.13 Å². The van der Waals surface area contributed by atoms with Gasteiger partial charge in [-0.2, -0.15) is 8.78 Å². The Kier molecular flexibility index (Phi) is 4.98. The number of nitrogens with one attached hydrogen (secondary N) is 1. The lowest BCUT2D eigenvalue weighted by Gasteiger charge is -2.17. The summed E-state index contributed by atoms with van der Waals surface area (Å²) >= 11 is 10.6. The van der Waals surface area contributed by atoms with Gasteiger partial charge in [-0.1, -0.05) is 27.3 Å². The van der Waals surface area contributed by atoms with E-state index in [2.05, 4.69) is 36.2 Å². The van der Waals surface area contributed by atoms with Gasteiger partial charge in [-0.25, -0.2) is 19.3 Å². The van der Waals surface area contributed by atoms with Crippen molar-refractivity contribution in [3.8, 4) is 0 Å². The number of halogens is 5. The fraction of sp³-hybridized carbons (Fsp3) is 0.0556. The molecule has 10 heteroatoms. The third-order valence-corrected chi connectivity index (χ3v) is 5.41. The SMILES string of the molecule is Fc1ccc(C(F)(F)c2cc(Nc3nc4ccc(Br)cc4s3)nc(Cl)n2)cc1. The first-order chi connectivity index (χ1) is 13.3. The van der Waals surface area contributed by atoms with Crippen LogP contribution in [-0.2, 0) is 5.92 Å². The van der Waals surface area contributed by atoms with Gasteiger partial charge in [0, 0.05) is 16.1 Å². The van der Waals surface area contributed by atoms with Crippen LogP contribution in [0.1, 0.15) is 11.3 Å². The Labute approximate surface area is 174 Å². The molecular weight excluding hydrogens is 477 g/mol. The van der Waals surface area contributed by atoms with E-state index in [0.29, 0.717) is 5.13 Å². The van der Waals surface area contributed by atoms with E-state index in [9.17, 15) is 13.2 Å². The summed E-state index contributed by atoms with van der Waals surface area (Å²) in [6, 6.07) is 10.6. The summed E-state index contributed by atoms with van der Waals surface area (Å²) in [6.07, 6.45) is 0. The maximum atomic E-state index is 14.8. The molecule has 0 amide bonds. The standard InChI is InChI=1S/C18H9BrClF3N4S/c19-10-3-6-12-13(7-10)28-17(24-12)27-15-8-14(25-16(20)26-15)18(22,23)9-1-4-11(21)5-2-9/h1-8H,(H,24,25,26,27). The van der Waals surface area contributed by atoms with E-state index < -0.39 is 23.0 Å². The molecule has 0 aliphatic carbocycles. The minimum Gasteiger partial charge on any atom is -0.316 e. The molecule has 0 aliphatic rings. The third kappa shape index (κ3) is 3.82. The number of hydrogen-bond donors (Lipinski definition) is 1. The fourth-order valence-corrected chi connectivity index (χ4v) is 4.12. The van der Waals surface area contributed by atoms with Gasteiger partial charge in [0.1, 0.15) is 17.3 Å². The van der Waals surface area contributed by atoms with Crippen molar-refractivity contribution < 1.29 is 13.2 Å². The molecule has 1 N–H and O–H groups in total. The minimum absolute atomic E-state index is 0.0786. The van der Waals surface area contributed by atoms with Gasteiger partial charge in [-0.3, -0.25) is 0 Å². The van der Waals surface area contributed by atoms with E-state index in [-0.39, 0.29) is 11.1 Å². The summed E-state index contributed by atoms with van der Waals surface area (Å²) in [5.74, 6) is -4.00. The van der Waals surface area contributed by atoms with Gasteiger partial charge < -0.3 is 5.32 Å². The Morgan fingerprint density at radius 3 is 2.50 bits per heavy atom. The molecule has 0 aliphatic heterocycles. The van der Waals surface area contributed by atoms with Gasteiger partial charge in [0.2, 0.25) is 5.28 Å². The van der Waals surface area contributed by atoms with Crippen molar-refractivity contribution in [2.24, 2.45) is 0 Å². The average Bonchev–Trinajstić information content (AvgIpc) is 3.02. The lowest BCUT2D eigenvalue weighted by atomic mass is 10.1. The highest BCUT2D eigenvalue weighted by Crippen LogP contribution is 2.37. The number of alkyl halides is 2. The van der Waals surface area contributed by atoms with Crippen molar-refractivity contribution >= 4 is 60.0 Å². The quantitative estimate of drug-likeness (QED) is 0.334. The second-order valence-electron chi connectivity index (χ2n) is 5.74. The smallest absolute Gasteiger partial charge is 0.315 e. The lowest BCUT2D eigenvalue weighted by Crippen LogP contribution is -2.18. The summed E-state index contributed by atoms with van der Waals surface area (Å²) in [5, 5.41) is 3.02. The molecule has 142 valence electrons. The zero-order chi connectivity index (χ0) is 19.9. The van der Waals surface area contributed by atoms with Crippen LogP contribution in [0.15, 0.2) is 53.0 Å². The normalized spacial score (nSPS) is 11.8. The van der Waals surface area contributed by atoms with Crippen molar-refractivity contribution in [2.45, 2.75) is 5.92 Å². The first-order valence-electron chi connectivity index (χ1n) is 7.83. The first kappa shape index (κ1) is 19.1. The van der Waals surface area contributed by atoms with Crippen molar-refractivity contribution in [2.75, 3.05) is 5.32 Å². The molecule has 0 saturated carbocycles. The van der Waals surface area contributed by atoms with Gasteiger partial charge >= 0.3 is 5.92 Å². The molecule has 0 fully saturated rings. The van der Waals surface area contributed by atoms with E-state index in [4.69, 9.17) is 11.6 Å². The molecule has 2 heterocycles. The van der Waals surface area contributed by atoms with Crippen LogP contribution in [0.3, 0.4) is 0 Å². The van der Waals surface area contributed by atoms with Crippen LogP contribution in [0, 0.1) is 5.82 Å². The zero-order valence-electron chi connectivity index (χ0n) is 13.8. The summed E-state index contributed by atoms with van der Waals surface area (Å²) in [7, 11) is 0. The Morgan fingerprint density at radius 2 is 1.75 bits per heavy atom. The van der Waals surface area contributed by atoms with E-state index >= 15 is 0 Å². The number of fused-ring (bicyclic) bond motifs is 1. The van der Waals surface area contributed by atoms with Crippen LogP contribution in [0.4, 0.5) is 24.1 Å². The largest absolute Gasteiger partial charge is 0.316 e. The van der Waals surface area contributed by atoms with E-state index in [1.54, 1.807) is 0 Å². The zero-order valence-corrected chi connectivity index (χ0v) is 16.9. The highest BCUT2D eigenvalue weighted by atomic mass is 79.9. The molecule has 4 rings (SSSR count). The van der Waals surface area contributed by atoms with E-state index in [1.165, 1.54) is 11.3 Å². The van der Waals surface area contributed by atoms with Gasteiger partial charge in [-0.15, -0.1) is 0 Å². The predicted molar refractivity (Wildman–Crippen MR) is 107 cm³/mol. The maximum Gasteiger partial charge on any atom is 0.315 e. The molecule has 0 unspecified atom stereocenters. The van der Waals surface area contributed by atoms with Crippen LogP contribution >= 0.6 is 38.9 Å². The second kappa shape index (κ2) is 7.31. The van der Waals surface area contributed by atoms with Gasteiger partial charge in [-0.05, 0) is 54.1 Å². The topological polar surface area (TPSA) is 50.7 Å². The molecule has 28 heavy (non-hydrogen) atoms. The molecule has 0 spiro atoms. The van der Waals surface area contributed by atoms with Crippen molar-refractivity contribution in [3.63, 3.8) is 0 Å². The number of aromatic nitrogens is 3. The summed E-state index contributed by atoms with van der Waals surface area (Å²) in [6.45, 7) is 0. The molecule has 2 aromatic carbocycles. The van der Waals surface area contributed by atoms with Crippen LogP contribution < -0.4 is 5.32 Å². The predicted octanol–water partition coefficient (Wildman–Crippen LogP) is 6.53. The first-order valence-corrected chi connectivity index (χ1v) is 9.82. The molecule has 0 radical (unpaired) electrons. The maximum absolute atomic E-state index is 14.8. The van der Waals surface area contributed by atoms with E-state index in [1.807, 2.05) is 18.2 Å². The monoisotopic (exact) mass is 484 g/mol. The van der Waals surface area contributed by atoms with E-state index in [0.717, 1.165) is 45.0 Å². The summed E-state index contributed by atoms with van der Waals surface area (Å²) < 4.78 is 44.5. The fourth-order valence-electron chi connectivity index (χ4n) is 2.51. The van der Waals surface area contributed by atoms with Crippen LogP contribution in [-0.4, -0.2) is 15.0 Å². The summed E-state index contributed by atoms with van der Waals surface area (Å²) in [5.41, 5.74) is -0.252. The van der Waals surface area contributed by atoms with Crippen LogP contribution in [0.5, 0.6) is 0 Å². The highest BCUT2D eigenvalue weighted by molar-refractivity contribution is 9.10. The Bertz CT molecular complexity index is 1170. The molecule has 4 nitrogen and oxygen atoms in total. The van der Waals surface area contributed by atoms with Gasteiger partial charge in [0.25, 0.3) is 0 Å². The number of thiazole rings is 1. The van der Waals surface area contributed by atoms with Crippen molar-refractivity contribution in [1.82, 2.24) is 15.0 Å².